The SMILES string of the molecule is Cc1cccnc1CCNC(=O)c1ccc(C2CCCN2C(C)C)s1. The molecule has 25 heavy (non-hydrogen) atoms. The zero-order valence-electron chi connectivity index (χ0n) is 15.3. The molecule has 4 nitrogen and oxygen atoms in total. The van der Waals surface area contributed by atoms with Crippen LogP contribution in [-0.2, 0) is 6.42 Å². The number of aromatic nitrogens is 1. The molecule has 0 bridgehead atoms. The average Bonchev–Trinajstić information content (AvgIpc) is 3.25. The van der Waals surface area contributed by atoms with Gasteiger partial charge in [0.2, 0.25) is 0 Å². The van der Waals surface area contributed by atoms with Gasteiger partial charge in [-0.15, -0.1) is 11.3 Å². The van der Waals surface area contributed by atoms with Crippen LogP contribution in [0.5, 0.6) is 0 Å². The fourth-order valence-corrected chi connectivity index (χ4v) is 4.61. The minimum Gasteiger partial charge on any atom is -0.351 e. The molecule has 1 unspecified atom stereocenters. The van der Waals surface area contributed by atoms with Crippen molar-refractivity contribution in [3.63, 3.8) is 0 Å². The molecule has 0 aromatic carbocycles. The van der Waals surface area contributed by atoms with Crippen LogP contribution < -0.4 is 5.32 Å². The Morgan fingerprint density at radius 1 is 1.40 bits per heavy atom. The molecule has 0 saturated carbocycles. The lowest BCUT2D eigenvalue weighted by molar-refractivity contribution is 0.0958. The maximum atomic E-state index is 12.4. The highest BCUT2D eigenvalue weighted by Gasteiger charge is 2.29. The highest BCUT2D eigenvalue weighted by atomic mass is 32.1. The van der Waals surface area contributed by atoms with Crippen LogP contribution in [0.1, 0.15) is 58.5 Å². The summed E-state index contributed by atoms with van der Waals surface area (Å²) >= 11 is 1.64. The number of aryl methyl sites for hydroxylation is 1. The van der Waals surface area contributed by atoms with Crippen LogP contribution in [0.25, 0.3) is 0 Å². The monoisotopic (exact) mass is 357 g/mol. The molecule has 134 valence electrons. The molecule has 3 rings (SSSR count). The van der Waals surface area contributed by atoms with E-state index in [4.69, 9.17) is 0 Å². The summed E-state index contributed by atoms with van der Waals surface area (Å²) in [6.07, 6.45) is 5.00. The third-order valence-corrected chi connectivity index (χ3v) is 6.09. The first-order valence-electron chi connectivity index (χ1n) is 9.10. The number of thiophene rings is 1. The third-order valence-electron chi connectivity index (χ3n) is 4.90. The summed E-state index contributed by atoms with van der Waals surface area (Å²) in [7, 11) is 0. The first-order chi connectivity index (χ1) is 12.1. The van der Waals surface area contributed by atoms with Gasteiger partial charge in [-0.2, -0.15) is 0 Å². The lowest BCUT2D eigenvalue weighted by atomic mass is 10.1. The lowest BCUT2D eigenvalue weighted by Crippen LogP contribution is -2.29. The zero-order chi connectivity index (χ0) is 17.8. The van der Waals surface area contributed by atoms with Gasteiger partial charge in [0, 0.05) is 41.8 Å². The molecule has 5 heteroatoms. The molecule has 2 aromatic rings. The number of pyridine rings is 1. The van der Waals surface area contributed by atoms with E-state index >= 15 is 0 Å². The summed E-state index contributed by atoms with van der Waals surface area (Å²) in [5.74, 6) is 0.0268. The summed E-state index contributed by atoms with van der Waals surface area (Å²) in [5.41, 5.74) is 2.22. The molecule has 0 aliphatic carbocycles. The van der Waals surface area contributed by atoms with Crippen LogP contribution in [0, 0.1) is 6.92 Å². The van der Waals surface area contributed by atoms with E-state index in [0.717, 1.165) is 23.5 Å². The van der Waals surface area contributed by atoms with Crippen molar-refractivity contribution in [1.29, 1.82) is 0 Å². The van der Waals surface area contributed by atoms with E-state index in [-0.39, 0.29) is 5.91 Å². The summed E-state index contributed by atoms with van der Waals surface area (Å²) in [6, 6.07) is 9.12. The number of likely N-dealkylation sites (tertiary alicyclic amines) is 1. The maximum absolute atomic E-state index is 12.4. The Morgan fingerprint density at radius 2 is 2.24 bits per heavy atom. The number of nitrogens with one attached hydrogen (secondary N) is 1. The van der Waals surface area contributed by atoms with Crippen LogP contribution in [0.2, 0.25) is 0 Å². The number of nitrogens with zero attached hydrogens (tertiary/aromatic N) is 2. The molecule has 1 atom stereocenters. The first-order valence-corrected chi connectivity index (χ1v) is 9.92. The van der Waals surface area contributed by atoms with Gasteiger partial charge < -0.3 is 5.32 Å². The van der Waals surface area contributed by atoms with Crippen molar-refractivity contribution >= 4 is 17.2 Å². The van der Waals surface area contributed by atoms with E-state index in [9.17, 15) is 4.79 Å². The number of hydrogen-bond acceptors (Lipinski definition) is 4. The van der Waals surface area contributed by atoms with E-state index in [1.165, 1.54) is 23.3 Å². The molecule has 0 spiro atoms. The number of rotatable bonds is 6. The maximum Gasteiger partial charge on any atom is 0.261 e. The van der Waals surface area contributed by atoms with Gasteiger partial charge in [-0.3, -0.25) is 14.7 Å². The van der Waals surface area contributed by atoms with Crippen molar-refractivity contribution in [3.05, 3.63) is 51.5 Å². The predicted molar refractivity (Wildman–Crippen MR) is 103 cm³/mol. The van der Waals surface area contributed by atoms with Gasteiger partial charge in [-0.05, 0) is 63.9 Å². The summed E-state index contributed by atoms with van der Waals surface area (Å²) in [6.45, 7) is 8.33. The minimum atomic E-state index is 0.0268. The van der Waals surface area contributed by atoms with Crippen LogP contribution in [0.15, 0.2) is 30.5 Å². The number of amides is 1. The molecular formula is C20H27N3OS. The molecule has 1 aliphatic rings. The highest BCUT2D eigenvalue weighted by Crippen LogP contribution is 2.37. The Hall–Kier alpha value is -1.72. The van der Waals surface area contributed by atoms with Crippen LogP contribution in [-0.4, -0.2) is 34.9 Å². The van der Waals surface area contributed by atoms with Crippen LogP contribution in [0.4, 0.5) is 0 Å². The molecule has 0 radical (unpaired) electrons. The van der Waals surface area contributed by atoms with Crippen molar-refractivity contribution in [2.24, 2.45) is 0 Å². The number of carbonyl (C=O) groups excluding carboxylic acids is 1. The van der Waals surface area contributed by atoms with E-state index in [2.05, 4.69) is 48.1 Å². The van der Waals surface area contributed by atoms with Gasteiger partial charge in [-0.25, -0.2) is 0 Å². The summed E-state index contributed by atoms with van der Waals surface area (Å²) in [4.78, 5) is 21.5. The van der Waals surface area contributed by atoms with Gasteiger partial charge in [0.25, 0.3) is 5.91 Å². The average molecular weight is 358 g/mol. The molecule has 1 amide bonds. The largest absolute Gasteiger partial charge is 0.351 e. The summed E-state index contributed by atoms with van der Waals surface area (Å²) in [5, 5.41) is 3.03. The highest BCUT2D eigenvalue weighted by molar-refractivity contribution is 7.14. The van der Waals surface area contributed by atoms with Gasteiger partial charge in [-0.1, -0.05) is 6.07 Å². The molecule has 2 aromatic heterocycles. The Labute approximate surface area is 154 Å². The Balaban J connectivity index is 1.57. The van der Waals surface area contributed by atoms with Gasteiger partial charge in [0.15, 0.2) is 0 Å². The van der Waals surface area contributed by atoms with Gasteiger partial charge in [0.05, 0.1) is 4.88 Å². The second-order valence-electron chi connectivity index (χ2n) is 6.96. The van der Waals surface area contributed by atoms with Crippen molar-refractivity contribution in [2.75, 3.05) is 13.1 Å². The lowest BCUT2D eigenvalue weighted by Gasteiger charge is -2.27. The van der Waals surface area contributed by atoms with Crippen LogP contribution >= 0.6 is 11.3 Å². The van der Waals surface area contributed by atoms with Crippen molar-refractivity contribution in [3.8, 4) is 0 Å². The van der Waals surface area contributed by atoms with Gasteiger partial charge >= 0.3 is 0 Å². The molecular weight excluding hydrogens is 330 g/mol. The fourth-order valence-electron chi connectivity index (χ4n) is 3.53. The quantitative estimate of drug-likeness (QED) is 0.851. The van der Waals surface area contributed by atoms with Crippen molar-refractivity contribution in [1.82, 2.24) is 15.2 Å². The van der Waals surface area contributed by atoms with E-state index in [1.54, 1.807) is 17.5 Å². The fraction of sp³-hybridized carbons (Fsp3) is 0.500. The zero-order valence-corrected chi connectivity index (χ0v) is 16.1. The normalized spacial score (nSPS) is 18.0. The molecule has 1 saturated heterocycles. The molecule has 1 aliphatic heterocycles. The number of carbonyl (C=O) groups is 1. The Kier molecular flexibility index (Phi) is 5.86. The van der Waals surface area contributed by atoms with Crippen LogP contribution in [0.3, 0.4) is 0 Å². The number of hydrogen-bond donors (Lipinski definition) is 1. The first kappa shape index (κ1) is 18.1. The van der Waals surface area contributed by atoms with E-state index in [1.807, 2.05) is 12.1 Å². The van der Waals surface area contributed by atoms with Gasteiger partial charge in [0.1, 0.15) is 0 Å². The molecule has 3 heterocycles. The predicted octanol–water partition coefficient (Wildman–Crippen LogP) is 3.97. The summed E-state index contributed by atoms with van der Waals surface area (Å²) < 4.78 is 0. The smallest absolute Gasteiger partial charge is 0.261 e. The van der Waals surface area contributed by atoms with Crippen molar-refractivity contribution in [2.45, 2.75) is 52.1 Å². The Bertz CT molecular complexity index is 725. The Morgan fingerprint density at radius 3 is 3.00 bits per heavy atom. The molecule has 1 N–H and O–H groups in total. The second kappa shape index (κ2) is 8.11. The van der Waals surface area contributed by atoms with E-state index in [0.29, 0.717) is 18.6 Å². The third kappa shape index (κ3) is 4.28. The second-order valence-corrected chi connectivity index (χ2v) is 8.08. The topological polar surface area (TPSA) is 45.2 Å². The molecule has 1 fully saturated rings. The van der Waals surface area contributed by atoms with E-state index < -0.39 is 0 Å². The standard InChI is InChI=1S/C20H27N3OS/c1-14(2)23-13-5-7-17(23)18-8-9-19(25-18)20(24)22-12-10-16-15(3)6-4-11-21-16/h4,6,8-9,11,14,17H,5,7,10,12-13H2,1-3H3,(H,22,24). The van der Waals surface area contributed by atoms with Crippen molar-refractivity contribution < 1.29 is 4.79 Å². The minimum absolute atomic E-state index is 0.0268.